The third kappa shape index (κ3) is 6.09. The minimum Gasteiger partial charge on any atom is -0.481 e. The maximum atomic E-state index is 13.0. The Balaban J connectivity index is 2.14. The predicted octanol–water partition coefficient (Wildman–Crippen LogP) is 4.15. The molecule has 0 aromatic heterocycles. The highest BCUT2D eigenvalue weighted by atomic mass is 19.1. The van der Waals surface area contributed by atoms with Crippen molar-refractivity contribution < 1.29 is 18.7 Å². The first kappa shape index (κ1) is 20.4. The third-order valence-corrected chi connectivity index (χ3v) is 3.67. The molecule has 0 fully saturated rings. The van der Waals surface area contributed by atoms with E-state index < -0.39 is 11.6 Å². The average Bonchev–Trinajstić information content (AvgIpc) is 2.60. The standard InChI is InChI=1S/C21H25FN2O3/c1-5-18(27-15-12-10-14(22)11-13-15)20(26)23-17-9-7-6-8-16(17)19(25)24-21(2,3)4/h6-13,18H,5H2,1-4H3,(H,23,26)(H,24,25). The van der Waals surface area contributed by atoms with Gasteiger partial charge in [-0.3, -0.25) is 9.59 Å². The summed E-state index contributed by atoms with van der Waals surface area (Å²) in [5, 5.41) is 5.64. The van der Waals surface area contributed by atoms with Crippen LogP contribution in [0.2, 0.25) is 0 Å². The van der Waals surface area contributed by atoms with Crippen LogP contribution in [0.5, 0.6) is 5.75 Å². The molecule has 6 heteroatoms. The molecule has 0 aliphatic heterocycles. The van der Waals surface area contributed by atoms with Crippen molar-refractivity contribution in [2.75, 3.05) is 5.32 Å². The van der Waals surface area contributed by atoms with Crippen molar-refractivity contribution in [2.24, 2.45) is 0 Å². The lowest BCUT2D eigenvalue weighted by atomic mass is 10.1. The lowest BCUT2D eigenvalue weighted by Gasteiger charge is -2.22. The highest BCUT2D eigenvalue weighted by Crippen LogP contribution is 2.19. The summed E-state index contributed by atoms with van der Waals surface area (Å²) in [6.07, 6.45) is -0.353. The van der Waals surface area contributed by atoms with Crippen LogP contribution in [0.1, 0.15) is 44.5 Å². The van der Waals surface area contributed by atoms with Crippen molar-refractivity contribution in [3.8, 4) is 5.75 Å². The Bertz CT molecular complexity index is 798. The van der Waals surface area contributed by atoms with E-state index in [9.17, 15) is 14.0 Å². The second kappa shape index (κ2) is 8.66. The molecule has 1 atom stereocenters. The molecule has 2 aromatic rings. The fraction of sp³-hybridized carbons (Fsp3) is 0.333. The monoisotopic (exact) mass is 372 g/mol. The number of nitrogens with one attached hydrogen (secondary N) is 2. The number of carbonyl (C=O) groups is 2. The molecular weight excluding hydrogens is 347 g/mol. The Morgan fingerprint density at radius 2 is 1.70 bits per heavy atom. The first-order valence-corrected chi connectivity index (χ1v) is 8.84. The first-order chi connectivity index (χ1) is 12.7. The van der Waals surface area contributed by atoms with E-state index in [4.69, 9.17) is 4.74 Å². The van der Waals surface area contributed by atoms with E-state index in [1.165, 1.54) is 24.3 Å². The van der Waals surface area contributed by atoms with E-state index >= 15 is 0 Å². The smallest absolute Gasteiger partial charge is 0.265 e. The highest BCUT2D eigenvalue weighted by molar-refractivity contribution is 6.04. The quantitative estimate of drug-likeness (QED) is 0.800. The van der Waals surface area contributed by atoms with Crippen molar-refractivity contribution in [2.45, 2.75) is 45.8 Å². The molecule has 0 bridgehead atoms. The molecule has 144 valence electrons. The van der Waals surface area contributed by atoms with E-state index in [0.29, 0.717) is 23.4 Å². The topological polar surface area (TPSA) is 67.4 Å². The molecule has 0 aliphatic carbocycles. The predicted molar refractivity (Wildman–Crippen MR) is 103 cm³/mol. The summed E-state index contributed by atoms with van der Waals surface area (Å²) in [5.74, 6) is -0.625. The lowest BCUT2D eigenvalue weighted by molar-refractivity contribution is -0.122. The van der Waals surface area contributed by atoms with Crippen LogP contribution in [-0.4, -0.2) is 23.5 Å². The molecule has 2 amide bonds. The van der Waals surface area contributed by atoms with Gasteiger partial charge in [0.1, 0.15) is 11.6 Å². The zero-order valence-corrected chi connectivity index (χ0v) is 16.0. The number of benzene rings is 2. The van der Waals surface area contributed by atoms with Crippen molar-refractivity contribution >= 4 is 17.5 Å². The van der Waals surface area contributed by atoms with Crippen LogP contribution in [0, 0.1) is 5.82 Å². The molecule has 5 nitrogen and oxygen atoms in total. The number of rotatable bonds is 6. The van der Waals surface area contributed by atoms with Crippen LogP contribution in [0.25, 0.3) is 0 Å². The molecule has 0 saturated carbocycles. The van der Waals surface area contributed by atoms with Crippen LogP contribution in [0.3, 0.4) is 0 Å². The van der Waals surface area contributed by atoms with Gasteiger partial charge in [0.2, 0.25) is 0 Å². The van der Waals surface area contributed by atoms with Gasteiger partial charge in [-0.15, -0.1) is 0 Å². The second-order valence-corrected chi connectivity index (χ2v) is 7.21. The molecule has 2 rings (SSSR count). The number of anilines is 1. The highest BCUT2D eigenvalue weighted by Gasteiger charge is 2.22. The minimum absolute atomic E-state index is 0.272. The van der Waals surface area contributed by atoms with E-state index in [2.05, 4.69) is 10.6 Å². The number of amides is 2. The number of halogens is 1. The molecule has 0 saturated heterocycles. The zero-order chi connectivity index (χ0) is 20.0. The third-order valence-electron chi connectivity index (χ3n) is 3.67. The van der Waals surface area contributed by atoms with Crippen molar-refractivity contribution in [1.82, 2.24) is 5.32 Å². The van der Waals surface area contributed by atoms with Gasteiger partial charge in [-0.1, -0.05) is 19.1 Å². The van der Waals surface area contributed by atoms with Crippen LogP contribution in [-0.2, 0) is 4.79 Å². The van der Waals surface area contributed by atoms with Gasteiger partial charge >= 0.3 is 0 Å². The first-order valence-electron chi connectivity index (χ1n) is 8.84. The molecule has 2 aromatic carbocycles. The summed E-state index contributed by atoms with van der Waals surface area (Å²) in [5.41, 5.74) is 0.383. The van der Waals surface area contributed by atoms with Crippen molar-refractivity contribution in [3.63, 3.8) is 0 Å². The van der Waals surface area contributed by atoms with E-state index in [1.807, 2.05) is 27.7 Å². The molecule has 0 heterocycles. The SMILES string of the molecule is CCC(Oc1ccc(F)cc1)C(=O)Nc1ccccc1C(=O)NC(C)(C)C. The van der Waals surface area contributed by atoms with E-state index in [1.54, 1.807) is 24.3 Å². The maximum absolute atomic E-state index is 13.0. The Hall–Kier alpha value is -2.89. The van der Waals surface area contributed by atoms with Gasteiger partial charge in [0, 0.05) is 5.54 Å². The molecular formula is C21H25FN2O3. The molecule has 2 N–H and O–H groups in total. The fourth-order valence-electron chi connectivity index (χ4n) is 2.41. The van der Waals surface area contributed by atoms with Crippen LogP contribution >= 0.6 is 0 Å². The van der Waals surface area contributed by atoms with Crippen LogP contribution < -0.4 is 15.4 Å². The summed E-state index contributed by atoms with van der Waals surface area (Å²) in [4.78, 5) is 25.1. The molecule has 27 heavy (non-hydrogen) atoms. The van der Waals surface area contributed by atoms with Crippen LogP contribution in [0.4, 0.5) is 10.1 Å². The number of para-hydroxylation sites is 1. The van der Waals surface area contributed by atoms with Gasteiger partial charge in [-0.2, -0.15) is 0 Å². The second-order valence-electron chi connectivity index (χ2n) is 7.21. The molecule has 0 aliphatic rings. The van der Waals surface area contributed by atoms with Gasteiger partial charge < -0.3 is 15.4 Å². The van der Waals surface area contributed by atoms with Gasteiger partial charge in [-0.25, -0.2) is 4.39 Å². The summed E-state index contributed by atoms with van der Waals surface area (Å²) in [7, 11) is 0. The van der Waals surface area contributed by atoms with E-state index in [-0.39, 0.29) is 17.6 Å². The average molecular weight is 372 g/mol. The largest absolute Gasteiger partial charge is 0.481 e. The fourth-order valence-corrected chi connectivity index (χ4v) is 2.41. The summed E-state index contributed by atoms with van der Waals surface area (Å²) < 4.78 is 18.7. The molecule has 0 radical (unpaired) electrons. The van der Waals surface area contributed by atoms with Gasteiger partial charge in [0.05, 0.1) is 11.3 Å². The van der Waals surface area contributed by atoms with Crippen molar-refractivity contribution in [3.05, 3.63) is 59.9 Å². The summed E-state index contributed by atoms with van der Waals surface area (Å²) in [6.45, 7) is 7.47. The van der Waals surface area contributed by atoms with Gasteiger partial charge in [0.25, 0.3) is 11.8 Å². The molecule has 0 spiro atoms. The summed E-state index contributed by atoms with van der Waals surface area (Å²) in [6, 6.07) is 12.3. The normalized spacial score (nSPS) is 12.2. The minimum atomic E-state index is -0.769. The Labute approximate surface area is 158 Å². The number of carbonyl (C=O) groups excluding carboxylic acids is 2. The maximum Gasteiger partial charge on any atom is 0.265 e. The Kier molecular flexibility index (Phi) is 6.55. The number of ether oxygens (including phenoxy) is 1. The number of hydrogen-bond acceptors (Lipinski definition) is 3. The van der Waals surface area contributed by atoms with Crippen LogP contribution in [0.15, 0.2) is 48.5 Å². The molecule has 1 unspecified atom stereocenters. The Morgan fingerprint density at radius 1 is 1.07 bits per heavy atom. The van der Waals surface area contributed by atoms with Gasteiger partial charge in [0.15, 0.2) is 6.10 Å². The summed E-state index contributed by atoms with van der Waals surface area (Å²) >= 11 is 0. The Morgan fingerprint density at radius 3 is 2.30 bits per heavy atom. The number of hydrogen-bond donors (Lipinski definition) is 2. The lowest BCUT2D eigenvalue weighted by Crippen LogP contribution is -2.41. The van der Waals surface area contributed by atoms with E-state index in [0.717, 1.165) is 0 Å². The van der Waals surface area contributed by atoms with Gasteiger partial charge in [-0.05, 0) is 63.6 Å². The zero-order valence-electron chi connectivity index (χ0n) is 16.0. The van der Waals surface area contributed by atoms with Crippen molar-refractivity contribution in [1.29, 1.82) is 0 Å².